The number of anilines is 1. The maximum Gasteiger partial charge on any atom is 0.302 e. The number of azo groups is 2. The molecule has 0 atom stereocenters. The van der Waals surface area contributed by atoms with Gasteiger partial charge in [0, 0.05) is 56.9 Å². The average Bonchev–Trinajstić information content (AvgIpc) is 3.19. The monoisotopic (exact) mass is 788 g/mol. The molecule has 0 spiro atoms. The summed E-state index contributed by atoms with van der Waals surface area (Å²) in [6.07, 6.45) is 15.0. The molecule has 0 fully saturated rings. The molecule has 0 N–H and O–H groups in total. The molecule has 57 heavy (non-hydrogen) atoms. The van der Waals surface area contributed by atoms with E-state index in [4.69, 9.17) is 18.9 Å². The maximum atomic E-state index is 11.4. The van der Waals surface area contributed by atoms with Gasteiger partial charge in [0.05, 0.1) is 16.3 Å². The number of ether oxygens (including phenoxy) is 4. The van der Waals surface area contributed by atoms with Gasteiger partial charge in [0.15, 0.2) is 0 Å². The van der Waals surface area contributed by atoms with Crippen molar-refractivity contribution in [3.05, 3.63) is 70.3 Å². The Morgan fingerprint density at radius 2 is 1.09 bits per heavy atom. The first-order valence-corrected chi connectivity index (χ1v) is 20.2. The number of carbonyl (C=O) groups is 2. The van der Waals surface area contributed by atoms with Gasteiger partial charge in [0.2, 0.25) is 0 Å². The van der Waals surface area contributed by atoms with Gasteiger partial charge in [-0.05, 0) is 55.7 Å². The van der Waals surface area contributed by atoms with E-state index in [1.807, 2.05) is 13.0 Å². The summed E-state index contributed by atoms with van der Waals surface area (Å²) in [5.74, 6) is -0.364. The Morgan fingerprint density at radius 3 is 1.56 bits per heavy atom. The first-order chi connectivity index (χ1) is 27.6. The van der Waals surface area contributed by atoms with Crippen molar-refractivity contribution in [1.29, 1.82) is 0 Å². The van der Waals surface area contributed by atoms with Gasteiger partial charge in [-0.3, -0.25) is 19.7 Å². The zero-order chi connectivity index (χ0) is 41.3. The van der Waals surface area contributed by atoms with E-state index in [-0.39, 0.29) is 49.3 Å². The third-order valence-electron chi connectivity index (χ3n) is 9.04. The van der Waals surface area contributed by atoms with Crippen molar-refractivity contribution in [3.63, 3.8) is 0 Å². The Kier molecular flexibility index (Phi) is 21.3. The van der Waals surface area contributed by atoms with Crippen LogP contribution in [0.4, 0.5) is 34.1 Å². The highest BCUT2D eigenvalue weighted by molar-refractivity contribution is 5.68. The van der Waals surface area contributed by atoms with Crippen LogP contribution in [0.2, 0.25) is 0 Å². The molecule has 3 aromatic rings. The quantitative estimate of drug-likeness (QED) is 0.0229. The normalized spacial score (nSPS) is 11.2. The molecule has 0 bridgehead atoms. The van der Waals surface area contributed by atoms with Gasteiger partial charge in [0.1, 0.15) is 49.3 Å². The number of rotatable bonds is 28. The third kappa shape index (κ3) is 17.9. The topological polar surface area (TPSA) is 167 Å². The van der Waals surface area contributed by atoms with Crippen molar-refractivity contribution in [1.82, 2.24) is 0 Å². The molecule has 14 nitrogen and oxygen atoms in total. The van der Waals surface area contributed by atoms with Gasteiger partial charge in [-0.1, -0.05) is 78.1 Å². The number of non-ortho nitro benzene ring substituents is 1. The molecule has 310 valence electrons. The fourth-order valence-corrected chi connectivity index (χ4v) is 5.94. The first kappa shape index (κ1) is 46.0. The molecule has 0 aliphatic carbocycles. The summed E-state index contributed by atoms with van der Waals surface area (Å²) in [7, 11) is 0. The zero-order valence-electron chi connectivity index (χ0n) is 34.4. The Balaban J connectivity index is 1.92. The number of nitrogens with zero attached hydrogens (tertiary/aromatic N) is 6. The van der Waals surface area contributed by atoms with Crippen LogP contribution in [0.3, 0.4) is 0 Å². The lowest BCUT2D eigenvalue weighted by Crippen LogP contribution is -2.25. The number of aryl methyl sites for hydroxylation is 1. The minimum atomic E-state index is -0.498. The number of hydrogen-bond donors (Lipinski definition) is 0. The van der Waals surface area contributed by atoms with Gasteiger partial charge < -0.3 is 23.8 Å². The molecule has 0 aliphatic heterocycles. The molecule has 0 saturated carbocycles. The zero-order valence-corrected chi connectivity index (χ0v) is 34.4. The van der Waals surface area contributed by atoms with Gasteiger partial charge in [-0.2, -0.15) is 10.2 Å². The van der Waals surface area contributed by atoms with E-state index >= 15 is 0 Å². The van der Waals surface area contributed by atoms with E-state index in [1.54, 1.807) is 12.1 Å². The lowest BCUT2D eigenvalue weighted by molar-refractivity contribution is -0.384. The summed E-state index contributed by atoms with van der Waals surface area (Å²) in [5.41, 5.74) is 3.67. The molecule has 0 saturated heterocycles. The molecule has 0 radical (unpaired) electrons. The van der Waals surface area contributed by atoms with Crippen molar-refractivity contribution in [2.75, 3.05) is 44.4 Å². The maximum absolute atomic E-state index is 11.4. The van der Waals surface area contributed by atoms with E-state index in [2.05, 4.69) is 51.3 Å². The molecule has 0 unspecified atom stereocenters. The lowest BCUT2D eigenvalue weighted by Gasteiger charge is -2.26. The number of hydrogen-bond acceptors (Lipinski definition) is 13. The van der Waals surface area contributed by atoms with E-state index in [1.165, 1.54) is 108 Å². The second kappa shape index (κ2) is 26.5. The summed E-state index contributed by atoms with van der Waals surface area (Å²) < 4.78 is 22.1. The number of nitro groups is 1. The van der Waals surface area contributed by atoms with Crippen molar-refractivity contribution in [2.45, 2.75) is 112 Å². The SMILES string of the molecule is CCCCCCCCN(CCCCCCCC)c1ccc(/N=N/c2cc(OCCOC(C)=O)c(/N=N/c3ccc([N+](=O)[O-])cc3)cc2OCCOC(C)=O)c(C)c1. The standard InChI is InChI=1S/C43H60N6O8/c1-6-8-10-12-14-16-24-48(25-17-15-13-11-9-7-2)38-22-23-39(33(3)30-38)45-47-41-32-42(56-28-26-54-34(4)50)40(31-43(41)57-29-27-55-35(5)51)46-44-36-18-20-37(21-19-36)49(52)53/h18-23,30-32H,6-17,24-29H2,1-5H3/b46-44+,47-45+. The van der Waals surface area contributed by atoms with Crippen LogP contribution in [0, 0.1) is 17.0 Å². The first-order valence-electron chi connectivity index (χ1n) is 20.2. The number of esters is 2. The highest BCUT2D eigenvalue weighted by atomic mass is 16.6. The van der Waals surface area contributed by atoms with Crippen molar-refractivity contribution in [2.24, 2.45) is 20.5 Å². The lowest BCUT2D eigenvalue weighted by atomic mass is 10.1. The Morgan fingerprint density at radius 1 is 0.614 bits per heavy atom. The van der Waals surface area contributed by atoms with Crippen LogP contribution in [-0.4, -0.2) is 56.4 Å². The number of benzene rings is 3. The molecular weight excluding hydrogens is 729 g/mol. The van der Waals surface area contributed by atoms with E-state index < -0.39 is 16.9 Å². The largest absolute Gasteiger partial charge is 0.488 e. The predicted molar refractivity (Wildman–Crippen MR) is 222 cm³/mol. The highest BCUT2D eigenvalue weighted by Gasteiger charge is 2.15. The van der Waals surface area contributed by atoms with Gasteiger partial charge >= 0.3 is 11.9 Å². The summed E-state index contributed by atoms with van der Waals surface area (Å²) in [6.45, 7) is 11.2. The van der Waals surface area contributed by atoms with E-state index in [0.29, 0.717) is 17.1 Å². The molecule has 0 aliphatic rings. The highest BCUT2D eigenvalue weighted by Crippen LogP contribution is 2.42. The molecule has 0 heterocycles. The van der Waals surface area contributed by atoms with Crippen LogP contribution < -0.4 is 14.4 Å². The van der Waals surface area contributed by atoms with Crippen LogP contribution in [0.25, 0.3) is 0 Å². The third-order valence-corrected chi connectivity index (χ3v) is 9.04. The van der Waals surface area contributed by atoms with E-state index in [9.17, 15) is 19.7 Å². The predicted octanol–water partition coefficient (Wildman–Crippen LogP) is 12.1. The number of carbonyl (C=O) groups excluding carboxylic acids is 2. The molecule has 0 amide bonds. The molecular formula is C43H60N6O8. The van der Waals surface area contributed by atoms with Crippen molar-refractivity contribution in [3.8, 4) is 11.5 Å². The number of nitro benzene ring substituents is 1. The Labute approximate surface area is 337 Å². The Bertz CT molecular complexity index is 1730. The summed E-state index contributed by atoms with van der Waals surface area (Å²) in [4.78, 5) is 35.9. The van der Waals surface area contributed by atoms with Gasteiger partial charge in [-0.15, -0.1) is 10.2 Å². The summed E-state index contributed by atoms with van der Waals surface area (Å²) in [6, 6.07) is 15.0. The Hall–Kier alpha value is -5.40. The fraction of sp³-hybridized carbons (Fsp3) is 0.535. The minimum Gasteiger partial charge on any atom is -0.488 e. The number of unbranched alkanes of at least 4 members (excludes halogenated alkanes) is 10. The van der Waals surface area contributed by atoms with Crippen LogP contribution in [0.5, 0.6) is 11.5 Å². The fourth-order valence-electron chi connectivity index (χ4n) is 5.94. The van der Waals surface area contributed by atoms with Crippen molar-refractivity contribution >= 4 is 46.1 Å². The van der Waals surface area contributed by atoms with Gasteiger partial charge in [0.25, 0.3) is 5.69 Å². The summed E-state index contributed by atoms with van der Waals surface area (Å²) >= 11 is 0. The van der Waals surface area contributed by atoms with Gasteiger partial charge in [-0.25, -0.2) is 0 Å². The van der Waals surface area contributed by atoms with Crippen LogP contribution in [-0.2, 0) is 19.1 Å². The molecule has 14 heteroatoms. The van der Waals surface area contributed by atoms with Crippen LogP contribution in [0.1, 0.15) is 110 Å². The minimum absolute atomic E-state index is 0.000743. The second-order valence-corrected chi connectivity index (χ2v) is 13.8. The second-order valence-electron chi connectivity index (χ2n) is 13.8. The van der Waals surface area contributed by atoms with Crippen LogP contribution in [0.15, 0.2) is 75.1 Å². The molecule has 0 aromatic heterocycles. The molecule has 3 aromatic carbocycles. The molecule has 3 rings (SSSR count). The van der Waals surface area contributed by atoms with Crippen molar-refractivity contribution < 1.29 is 33.5 Å². The van der Waals surface area contributed by atoms with Crippen LogP contribution >= 0.6 is 0 Å². The average molecular weight is 789 g/mol. The summed E-state index contributed by atoms with van der Waals surface area (Å²) in [5, 5.41) is 28.9. The smallest absolute Gasteiger partial charge is 0.302 e. The van der Waals surface area contributed by atoms with E-state index in [0.717, 1.165) is 31.5 Å².